The molecular weight excluding hydrogens is 291 g/mol. The fraction of sp³-hybridized carbons (Fsp3) is 0.462. The molecule has 1 aliphatic rings. The maximum absolute atomic E-state index is 12.6. The molecule has 0 saturated carbocycles. The molecule has 0 radical (unpaired) electrons. The van der Waals surface area contributed by atoms with Crippen LogP contribution in [0.5, 0.6) is 0 Å². The number of hydrogen-bond acceptors (Lipinski definition) is 3. The van der Waals surface area contributed by atoms with E-state index in [1.54, 1.807) is 6.07 Å². The van der Waals surface area contributed by atoms with Gasteiger partial charge in [0.05, 0.1) is 5.56 Å². The third kappa shape index (κ3) is 3.89. The SMILES string of the molecule is O=C1NCC(SCc2cccc(C(F)(F)F)c2)CC1O. The van der Waals surface area contributed by atoms with Crippen molar-refractivity contribution in [3.63, 3.8) is 0 Å². The molecule has 1 fully saturated rings. The molecule has 2 rings (SSSR count). The van der Waals surface area contributed by atoms with Crippen LogP contribution in [0, 0.1) is 0 Å². The number of halogens is 3. The number of nitrogens with one attached hydrogen (secondary N) is 1. The zero-order chi connectivity index (χ0) is 14.8. The summed E-state index contributed by atoms with van der Waals surface area (Å²) in [4.78, 5) is 11.1. The molecule has 2 N–H and O–H groups in total. The fourth-order valence-electron chi connectivity index (χ4n) is 1.95. The van der Waals surface area contributed by atoms with Crippen molar-refractivity contribution in [1.82, 2.24) is 5.32 Å². The third-order valence-electron chi connectivity index (χ3n) is 3.03. The van der Waals surface area contributed by atoms with Crippen LogP contribution in [0.3, 0.4) is 0 Å². The van der Waals surface area contributed by atoms with Gasteiger partial charge in [-0.05, 0) is 18.1 Å². The highest BCUT2D eigenvalue weighted by Crippen LogP contribution is 2.31. The van der Waals surface area contributed by atoms with E-state index in [1.165, 1.54) is 17.8 Å². The molecule has 1 saturated heterocycles. The van der Waals surface area contributed by atoms with Crippen LogP contribution in [-0.4, -0.2) is 28.9 Å². The van der Waals surface area contributed by atoms with Gasteiger partial charge in [0.1, 0.15) is 6.10 Å². The molecule has 0 spiro atoms. The van der Waals surface area contributed by atoms with Gasteiger partial charge in [0, 0.05) is 17.5 Å². The molecule has 1 aromatic carbocycles. The van der Waals surface area contributed by atoms with Gasteiger partial charge < -0.3 is 10.4 Å². The minimum Gasteiger partial charge on any atom is -0.383 e. The zero-order valence-electron chi connectivity index (χ0n) is 10.5. The molecule has 1 heterocycles. The van der Waals surface area contributed by atoms with Crippen LogP contribution in [0.2, 0.25) is 0 Å². The molecule has 1 amide bonds. The lowest BCUT2D eigenvalue weighted by Crippen LogP contribution is -2.46. The van der Waals surface area contributed by atoms with E-state index in [9.17, 15) is 23.1 Å². The number of hydrogen-bond donors (Lipinski definition) is 2. The number of thioether (sulfide) groups is 1. The summed E-state index contributed by atoms with van der Waals surface area (Å²) < 4.78 is 37.7. The van der Waals surface area contributed by atoms with Gasteiger partial charge in [-0.1, -0.05) is 18.2 Å². The van der Waals surface area contributed by atoms with Crippen molar-refractivity contribution in [3.05, 3.63) is 35.4 Å². The molecule has 110 valence electrons. The first kappa shape index (κ1) is 15.2. The first-order chi connectivity index (χ1) is 9.36. The summed E-state index contributed by atoms with van der Waals surface area (Å²) in [6.45, 7) is 0.430. The van der Waals surface area contributed by atoms with E-state index in [2.05, 4.69) is 5.32 Å². The Kier molecular flexibility index (Phi) is 4.59. The smallest absolute Gasteiger partial charge is 0.383 e. The summed E-state index contributed by atoms with van der Waals surface area (Å²) in [5, 5.41) is 12.0. The topological polar surface area (TPSA) is 49.3 Å². The largest absolute Gasteiger partial charge is 0.416 e. The maximum Gasteiger partial charge on any atom is 0.416 e. The van der Waals surface area contributed by atoms with Crippen molar-refractivity contribution < 1.29 is 23.1 Å². The van der Waals surface area contributed by atoms with Crippen molar-refractivity contribution in [2.24, 2.45) is 0 Å². The van der Waals surface area contributed by atoms with Crippen LogP contribution in [0.1, 0.15) is 17.5 Å². The van der Waals surface area contributed by atoms with Crippen molar-refractivity contribution in [2.75, 3.05) is 6.54 Å². The third-order valence-corrected chi connectivity index (χ3v) is 4.36. The van der Waals surface area contributed by atoms with E-state index >= 15 is 0 Å². The normalized spacial score (nSPS) is 23.5. The molecule has 2 unspecified atom stereocenters. The highest BCUT2D eigenvalue weighted by molar-refractivity contribution is 7.99. The summed E-state index contributed by atoms with van der Waals surface area (Å²) >= 11 is 1.43. The molecule has 3 nitrogen and oxygen atoms in total. The molecule has 2 atom stereocenters. The summed E-state index contributed by atoms with van der Waals surface area (Å²) in [6.07, 6.45) is -5.03. The lowest BCUT2D eigenvalue weighted by molar-refractivity contribution is -0.137. The van der Waals surface area contributed by atoms with Crippen LogP contribution < -0.4 is 5.32 Å². The second kappa shape index (κ2) is 6.05. The Bertz CT molecular complexity index is 493. The van der Waals surface area contributed by atoms with E-state index in [0.717, 1.165) is 12.1 Å². The minimum atomic E-state index is -4.34. The van der Waals surface area contributed by atoms with E-state index in [1.807, 2.05) is 0 Å². The highest BCUT2D eigenvalue weighted by atomic mass is 32.2. The highest BCUT2D eigenvalue weighted by Gasteiger charge is 2.30. The van der Waals surface area contributed by atoms with E-state index < -0.39 is 17.8 Å². The number of aliphatic hydroxyl groups excluding tert-OH is 1. The molecule has 20 heavy (non-hydrogen) atoms. The molecule has 0 bridgehead atoms. The number of carbonyl (C=O) groups excluding carboxylic acids is 1. The first-order valence-electron chi connectivity index (χ1n) is 6.10. The molecule has 0 aliphatic carbocycles. The molecular formula is C13H14F3NO2S. The van der Waals surface area contributed by atoms with Gasteiger partial charge in [0.2, 0.25) is 5.91 Å². The lowest BCUT2D eigenvalue weighted by atomic mass is 10.1. The van der Waals surface area contributed by atoms with Gasteiger partial charge in [0.15, 0.2) is 0 Å². The van der Waals surface area contributed by atoms with Crippen LogP contribution in [-0.2, 0) is 16.7 Å². The van der Waals surface area contributed by atoms with Crippen LogP contribution >= 0.6 is 11.8 Å². The van der Waals surface area contributed by atoms with Crippen molar-refractivity contribution in [2.45, 2.75) is 29.7 Å². The summed E-state index contributed by atoms with van der Waals surface area (Å²) in [5.41, 5.74) is -0.0798. The van der Waals surface area contributed by atoms with Gasteiger partial charge >= 0.3 is 6.18 Å². The predicted molar refractivity (Wildman–Crippen MR) is 70.2 cm³/mol. The Morgan fingerprint density at radius 3 is 2.80 bits per heavy atom. The summed E-state index contributed by atoms with van der Waals surface area (Å²) in [5.74, 6) is 0.0258. The van der Waals surface area contributed by atoms with Gasteiger partial charge in [0.25, 0.3) is 0 Å². The number of alkyl halides is 3. The Morgan fingerprint density at radius 1 is 1.40 bits per heavy atom. The Morgan fingerprint density at radius 2 is 2.15 bits per heavy atom. The van der Waals surface area contributed by atoms with Crippen LogP contribution in [0.4, 0.5) is 13.2 Å². The monoisotopic (exact) mass is 305 g/mol. The first-order valence-corrected chi connectivity index (χ1v) is 7.14. The molecule has 7 heteroatoms. The van der Waals surface area contributed by atoms with Gasteiger partial charge in [-0.25, -0.2) is 0 Å². The summed E-state index contributed by atoms with van der Waals surface area (Å²) in [7, 11) is 0. The molecule has 1 aliphatic heterocycles. The van der Waals surface area contributed by atoms with Gasteiger partial charge in [-0.15, -0.1) is 0 Å². The maximum atomic E-state index is 12.6. The van der Waals surface area contributed by atoms with Crippen molar-refractivity contribution in [3.8, 4) is 0 Å². The Balaban J connectivity index is 1.93. The second-order valence-electron chi connectivity index (χ2n) is 4.63. The number of rotatable bonds is 3. The Labute approximate surface area is 118 Å². The lowest BCUT2D eigenvalue weighted by Gasteiger charge is -2.25. The fourth-order valence-corrected chi connectivity index (χ4v) is 3.08. The minimum absolute atomic E-state index is 0.0113. The standard InChI is InChI=1S/C13H14F3NO2S/c14-13(15,16)9-3-1-2-8(4-9)7-20-10-5-11(18)12(19)17-6-10/h1-4,10-11,18H,5-7H2,(H,17,19). The average molecular weight is 305 g/mol. The quantitative estimate of drug-likeness (QED) is 0.900. The number of amides is 1. The number of aliphatic hydroxyl groups is 1. The van der Waals surface area contributed by atoms with E-state index in [0.29, 0.717) is 24.3 Å². The molecule has 1 aromatic rings. The van der Waals surface area contributed by atoms with E-state index in [4.69, 9.17) is 0 Å². The average Bonchev–Trinajstić information content (AvgIpc) is 2.39. The van der Waals surface area contributed by atoms with Gasteiger partial charge in [-0.3, -0.25) is 4.79 Å². The van der Waals surface area contributed by atoms with Crippen molar-refractivity contribution >= 4 is 17.7 Å². The number of benzene rings is 1. The van der Waals surface area contributed by atoms with Crippen LogP contribution in [0.15, 0.2) is 24.3 Å². The number of carbonyl (C=O) groups is 1. The number of piperidine rings is 1. The Hall–Kier alpha value is -1.21. The van der Waals surface area contributed by atoms with E-state index in [-0.39, 0.29) is 11.2 Å². The molecule has 0 aromatic heterocycles. The van der Waals surface area contributed by atoms with Crippen LogP contribution in [0.25, 0.3) is 0 Å². The van der Waals surface area contributed by atoms with Gasteiger partial charge in [-0.2, -0.15) is 24.9 Å². The second-order valence-corrected chi connectivity index (χ2v) is 5.92. The zero-order valence-corrected chi connectivity index (χ0v) is 11.3. The summed E-state index contributed by atoms with van der Waals surface area (Å²) in [6, 6.07) is 5.19. The van der Waals surface area contributed by atoms with Crippen molar-refractivity contribution in [1.29, 1.82) is 0 Å². The predicted octanol–water partition coefficient (Wildman–Crippen LogP) is 2.19.